The summed E-state index contributed by atoms with van der Waals surface area (Å²) in [5, 5.41) is 13.5. The fourth-order valence-electron chi connectivity index (χ4n) is 2.00. The second kappa shape index (κ2) is 8.19. The Balaban J connectivity index is 1.88. The quantitative estimate of drug-likeness (QED) is 0.353. The molecule has 0 spiro atoms. The predicted molar refractivity (Wildman–Crippen MR) is 88.4 cm³/mol. The predicted octanol–water partition coefficient (Wildman–Crippen LogP) is 3.10. The summed E-state index contributed by atoms with van der Waals surface area (Å²) in [6.45, 7) is 0.398. The van der Waals surface area contributed by atoms with E-state index in [9.17, 15) is 23.3 Å². The van der Waals surface area contributed by atoms with Crippen molar-refractivity contribution in [2.75, 3.05) is 0 Å². The average molecular weight is 368 g/mol. The van der Waals surface area contributed by atoms with E-state index in [1.54, 1.807) is 12.1 Å². The molecular formula is C16H15F3N4O3. The van der Waals surface area contributed by atoms with E-state index in [0.29, 0.717) is 11.1 Å². The van der Waals surface area contributed by atoms with Gasteiger partial charge in [-0.15, -0.1) is 13.2 Å². The first-order valence-corrected chi connectivity index (χ1v) is 7.35. The van der Waals surface area contributed by atoms with Gasteiger partial charge >= 0.3 is 6.36 Å². The summed E-state index contributed by atoms with van der Waals surface area (Å²) in [4.78, 5) is 14.3. The normalized spacial score (nSPS) is 11.9. The van der Waals surface area contributed by atoms with Crippen LogP contribution in [-0.4, -0.2) is 17.2 Å². The van der Waals surface area contributed by atoms with Gasteiger partial charge < -0.3 is 15.8 Å². The fraction of sp³-hybridized carbons (Fsp3) is 0.188. The van der Waals surface area contributed by atoms with Gasteiger partial charge in [0.1, 0.15) is 5.75 Å². The van der Waals surface area contributed by atoms with Crippen LogP contribution in [0.1, 0.15) is 11.1 Å². The first-order chi connectivity index (χ1) is 12.2. The molecule has 0 aliphatic heterocycles. The molecule has 0 radical (unpaired) electrons. The van der Waals surface area contributed by atoms with Gasteiger partial charge in [-0.3, -0.25) is 10.1 Å². The Morgan fingerprint density at radius 3 is 2.50 bits per heavy atom. The molecule has 138 valence electrons. The van der Waals surface area contributed by atoms with Crippen LogP contribution in [0.15, 0.2) is 53.5 Å². The summed E-state index contributed by atoms with van der Waals surface area (Å²) in [6.07, 6.45) is -4.73. The van der Waals surface area contributed by atoms with Crippen LogP contribution in [0.25, 0.3) is 0 Å². The number of non-ortho nitro benzene ring substituents is 1. The van der Waals surface area contributed by atoms with E-state index in [4.69, 9.17) is 5.73 Å². The van der Waals surface area contributed by atoms with Gasteiger partial charge in [0, 0.05) is 18.7 Å². The second-order valence-corrected chi connectivity index (χ2v) is 5.17. The fourth-order valence-corrected chi connectivity index (χ4v) is 2.00. The zero-order chi connectivity index (χ0) is 19.2. The number of nitro benzene ring substituents is 1. The van der Waals surface area contributed by atoms with Crippen LogP contribution in [0.4, 0.5) is 18.9 Å². The number of ether oxygens (including phenoxy) is 1. The molecule has 0 aromatic heterocycles. The monoisotopic (exact) mass is 368 g/mol. The second-order valence-electron chi connectivity index (χ2n) is 5.17. The van der Waals surface area contributed by atoms with Crippen molar-refractivity contribution in [2.24, 2.45) is 10.7 Å². The molecular weight excluding hydrogens is 353 g/mol. The van der Waals surface area contributed by atoms with E-state index in [1.165, 1.54) is 36.4 Å². The molecule has 2 aromatic carbocycles. The number of nitrogens with two attached hydrogens (primary N) is 1. The van der Waals surface area contributed by atoms with E-state index in [-0.39, 0.29) is 30.5 Å². The molecule has 0 aliphatic rings. The molecule has 10 heteroatoms. The Hall–Kier alpha value is -3.30. The molecule has 0 saturated heterocycles. The van der Waals surface area contributed by atoms with Crippen molar-refractivity contribution in [3.05, 3.63) is 69.8 Å². The first-order valence-electron chi connectivity index (χ1n) is 7.35. The number of hydrogen-bond donors (Lipinski definition) is 2. The molecule has 2 aromatic rings. The number of hydrogen-bond acceptors (Lipinski definition) is 4. The summed E-state index contributed by atoms with van der Waals surface area (Å²) in [6, 6.07) is 11.3. The number of rotatable bonds is 6. The van der Waals surface area contributed by atoms with Crippen molar-refractivity contribution in [2.45, 2.75) is 19.5 Å². The highest BCUT2D eigenvalue weighted by Crippen LogP contribution is 2.22. The van der Waals surface area contributed by atoms with Crippen molar-refractivity contribution < 1.29 is 22.8 Å². The van der Waals surface area contributed by atoms with Crippen LogP contribution < -0.4 is 15.8 Å². The molecule has 3 N–H and O–H groups in total. The molecule has 7 nitrogen and oxygen atoms in total. The van der Waals surface area contributed by atoms with Gasteiger partial charge in [0.05, 0.1) is 11.5 Å². The Kier molecular flexibility index (Phi) is 5.99. The van der Waals surface area contributed by atoms with Crippen LogP contribution in [0.5, 0.6) is 5.75 Å². The topological polar surface area (TPSA) is 103 Å². The maximum absolute atomic E-state index is 12.1. The number of nitro groups is 1. The van der Waals surface area contributed by atoms with E-state index in [1.807, 2.05) is 0 Å². The van der Waals surface area contributed by atoms with Crippen LogP contribution in [0.2, 0.25) is 0 Å². The highest BCUT2D eigenvalue weighted by atomic mass is 19.4. The molecule has 0 saturated carbocycles. The smallest absolute Gasteiger partial charge is 0.406 e. The average Bonchev–Trinajstić information content (AvgIpc) is 2.58. The van der Waals surface area contributed by atoms with Gasteiger partial charge in [0.15, 0.2) is 5.96 Å². The summed E-state index contributed by atoms with van der Waals surface area (Å²) in [7, 11) is 0. The molecule has 0 unspecified atom stereocenters. The number of guanidine groups is 1. The number of aliphatic imine (C=N–C) groups is 1. The summed E-state index contributed by atoms with van der Waals surface area (Å²) in [5.41, 5.74) is 6.97. The number of nitrogens with zero attached hydrogens (tertiary/aromatic N) is 2. The van der Waals surface area contributed by atoms with Gasteiger partial charge in [0.25, 0.3) is 5.69 Å². The minimum absolute atomic E-state index is 0.0367. The minimum atomic E-state index is -4.73. The Bertz CT molecular complexity index is 792. The number of halogens is 3. The Morgan fingerprint density at radius 2 is 1.88 bits per heavy atom. The maximum atomic E-state index is 12.1. The molecule has 0 bridgehead atoms. The van der Waals surface area contributed by atoms with Gasteiger partial charge in [-0.2, -0.15) is 0 Å². The highest BCUT2D eigenvalue weighted by Gasteiger charge is 2.30. The molecule has 26 heavy (non-hydrogen) atoms. The Labute approximate surface area is 146 Å². The van der Waals surface area contributed by atoms with Crippen molar-refractivity contribution in [1.82, 2.24) is 5.32 Å². The lowest BCUT2D eigenvalue weighted by Crippen LogP contribution is -2.31. The minimum Gasteiger partial charge on any atom is -0.406 e. The third-order valence-electron chi connectivity index (χ3n) is 3.18. The summed E-state index contributed by atoms with van der Waals surface area (Å²) < 4.78 is 40.0. The molecule has 0 atom stereocenters. The van der Waals surface area contributed by atoms with Crippen LogP contribution in [-0.2, 0) is 13.1 Å². The standard InChI is InChI=1S/C16H15F3N4O3/c17-16(18,19)26-14-6-4-11(5-7-14)9-21-15(20)22-10-12-2-1-3-13(8-12)23(24)25/h1-8H,9-10H2,(H3,20,21,22). The third kappa shape index (κ3) is 6.30. The van der Waals surface area contributed by atoms with E-state index >= 15 is 0 Å². The van der Waals surface area contributed by atoms with Crippen molar-refractivity contribution >= 4 is 11.6 Å². The Morgan fingerprint density at radius 1 is 1.19 bits per heavy atom. The largest absolute Gasteiger partial charge is 0.573 e. The maximum Gasteiger partial charge on any atom is 0.573 e. The molecule has 0 amide bonds. The van der Waals surface area contributed by atoms with Crippen molar-refractivity contribution in [3.8, 4) is 5.75 Å². The van der Waals surface area contributed by atoms with E-state index in [2.05, 4.69) is 15.0 Å². The van der Waals surface area contributed by atoms with Crippen molar-refractivity contribution in [3.63, 3.8) is 0 Å². The van der Waals surface area contributed by atoms with Gasteiger partial charge in [-0.25, -0.2) is 4.99 Å². The van der Waals surface area contributed by atoms with E-state index < -0.39 is 11.3 Å². The van der Waals surface area contributed by atoms with Crippen LogP contribution >= 0.6 is 0 Å². The first kappa shape index (κ1) is 19.0. The third-order valence-corrected chi connectivity index (χ3v) is 3.18. The highest BCUT2D eigenvalue weighted by molar-refractivity contribution is 5.77. The molecule has 0 aliphatic carbocycles. The van der Waals surface area contributed by atoms with E-state index in [0.717, 1.165) is 0 Å². The van der Waals surface area contributed by atoms with Crippen LogP contribution in [0.3, 0.4) is 0 Å². The number of alkyl halides is 3. The number of nitrogens with one attached hydrogen (secondary N) is 1. The molecule has 0 heterocycles. The number of benzene rings is 2. The van der Waals surface area contributed by atoms with Gasteiger partial charge in [0.2, 0.25) is 0 Å². The SMILES string of the molecule is NC(=NCc1cccc([N+](=O)[O-])c1)NCc1ccc(OC(F)(F)F)cc1. The van der Waals surface area contributed by atoms with Crippen LogP contribution in [0, 0.1) is 10.1 Å². The summed E-state index contributed by atoms with van der Waals surface area (Å²) >= 11 is 0. The van der Waals surface area contributed by atoms with Gasteiger partial charge in [-0.1, -0.05) is 24.3 Å². The lowest BCUT2D eigenvalue weighted by Gasteiger charge is -2.10. The van der Waals surface area contributed by atoms with Gasteiger partial charge in [-0.05, 0) is 23.3 Å². The lowest BCUT2D eigenvalue weighted by atomic mass is 10.2. The molecule has 2 rings (SSSR count). The zero-order valence-electron chi connectivity index (χ0n) is 13.4. The molecule has 0 fully saturated rings. The zero-order valence-corrected chi connectivity index (χ0v) is 13.4. The summed E-state index contributed by atoms with van der Waals surface area (Å²) in [5.74, 6) is -0.208. The van der Waals surface area contributed by atoms with Crippen molar-refractivity contribution in [1.29, 1.82) is 0 Å². The lowest BCUT2D eigenvalue weighted by molar-refractivity contribution is -0.384.